The van der Waals surface area contributed by atoms with E-state index in [1.807, 2.05) is 0 Å². The van der Waals surface area contributed by atoms with E-state index in [9.17, 15) is 5.11 Å². The fraction of sp³-hybridized carbons (Fsp3) is 0.500. The third-order valence-electron chi connectivity index (χ3n) is 6.98. The maximum Gasteiger partial charge on any atom is 0.0945 e. The van der Waals surface area contributed by atoms with Gasteiger partial charge in [-0.3, -0.25) is 0 Å². The molecule has 0 spiro atoms. The molecule has 0 radical (unpaired) electrons. The fourth-order valence-corrected chi connectivity index (χ4v) is 5.23. The van der Waals surface area contributed by atoms with Crippen LogP contribution in [0.5, 0.6) is 0 Å². The van der Waals surface area contributed by atoms with Crippen LogP contribution in [0, 0.1) is 25.7 Å². The monoisotopic (exact) mass is 349 g/mol. The van der Waals surface area contributed by atoms with E-state index in [1.54, 1.807) is 0 Å². The van der Waals surface area contributed by atoms with E-state index in [2.05, 4.69) is 67.3 Å². The molecule has 2 unspecified atom stereocenters. The molecule has 3 saturated heterocycles. The summed E-state index contributed by atoms with van der Waals surface area (Å²) in [6.45, 7) is 7.81. The van der Waals surface area contributed by atoms with Gasteiger partial charge < -0.3 is 10.0 Å². The molecule has 5 rings (SSSR count). The first-order valence-electron chi connectivity index (χ1n) is 10.1. The van der Waals surface area contributed by atoms with Crippen molar-refractivity contribution in [1.82, 2.24) is 4.90 Å². The molecule has 3 aliphatic heterocycles. The number of benzene rings is 2. The largest absolute Gasteiger partial charge is 0.385 e. The summed E-state index contributed by atoms with van der Waals surface area (Å²) in [5, 5.41) is 12.2. The summed E-state index contributed by atoms with van der Waals surface area (Å²) in [5.41, 5.74) is 4.28. The van der Waals surface area contributed by atoms with Crippen LogP contribution in [0.4, 0.5) is 0 Å². The Bertz CT molecular complexity index is 748. The standard InChI is InChI=1S/C24H31NO/c1-18-7-6-10-22(19(18)2)24(26,14-11-20-8-4-3-5-9-20)23-17-25-15-12-21(23)13-16-25/h3-10,21,23,26H,11-17H2,1-2H3. The summed E-state index contributed by atoms with van der Waals surface area (Å²) in [5.74, 6) is 0.995. The van der Waals surface area contributed by atoms with E-state index < -0.39 is 5.60 Å². The van der Waals surface area contributed by atoms with Crippen molar-refractivity contribution in [2.24, 2.45) is 11.8 Å². The highest BCUT2D eigenvalue weighted by Crippen LogP contribution is 2.46. The Balaban J connectivity index is 1.69. The van der Waals surface area contributed by atoms with Crippen LogP contribution >= 0.6 is 0 Å². The molecular formula is C24H31NO. The lowest BCUT2D eigenvalue weighted by molar-refractivity contribution is -0.106. The van der Waals surface area contributed by atoms with Crippen molar-refractivity contribution in [3.05, 3.63) is 70.8 Å². The lowest BCUT2D eigenvalue weighted by Gasteiger charge is -2.51. The molecule has 0 amide bonds. The van der Waals surface area contributed by atoms with Crippen molar-refractivity contribution in [2.45, 2.75) is 45.1 Å². The second kappa shape index (κ2) is 7.17. The zero-order valence-electron chi connectivity index (χ0n) is 16.1. The van der Waals surface area contributed by atoms with Gasteiger partial charge in [0.2, 0.25) is 0 Å². The number of piperidine rings is 3. The summed E-state index contributed by atoms with van der Waals surface area (Å²) in [4.78, 5) is 2.56. The number of hydrogen-bond acceptors (Lipinski definition) is 2. The van der Waals surface area contributed by atoms with Gasteiger partial charge in [-0.05, 0) is 80.8 Å². The van der Waals surface area contributed by atoms with Crippen molar-refractivity contribution in [3.63, 3.8) is 0 Å². The van der Waals surface area contributed by atoms with Gasteiger partial charge in [0.1, 0.15) is 0 Å². The van der Waals surface area contributed by atoms with Crippen LogP contribution in [-0.2, 0) is 12.0 Å². The second-order valence-corrected chi connectivity index (χ2v) is 8.40. The molecule has 0 aliphatic carbocycles. The Kier molecular flexibility index (Phi) is 4.90. The molecular weight excluding hydrogens is 318 g/mol. The third kappa shape index (κ3) is 3.21. The SMILES string of the molecule is Cc1cccc(C(O)(CCc2ccccc2)C2CN3CCC2CC3)c1C. The van der Waals surface area contributed by atoms with Crippen molar-refractivity contribution in [3.8, 4) is 0 Å². The highest BCUT2D eigenvalue weighted by Gasteiger charge is 2.47. The maximum atomic E-state index is 12.2. The van der Waals surface area contributed by atoms with Gasteiger partial charge >= 0.3 is 0 Å². The van der Waals surface area contributed by atoms with Crippen molar-refractivity contribution >= 4 is 0 Å². The first kappa shape index (κ1) is 17.8. The molecule has 2 aromatic carbocycles. The van der Waals surface area contributed by atoms with Gasteiger partial charge in [0, 0.05) is 12.5 Å². The molecule has 2 aromatic rings. The molecule has 0 saturated carbocycles. The molecule has 2 heteroatoms. The van der Waals surface area contributed by atoms with Gasteiger partial charge in [0.15, 0.2) is 0 Å². The van der Waals surface area contributed by atoms with Crippen LogP contribution in [0.15, 0.2) is 48.5 Å². The Morgan fingerprint density at radius 1 is 1.00 bits per heavy atom. The molecule has 2 bridgehead atoms. The summed E-state index contributed by atoms with van der Waals surface area (Å²) in [6, 6.07) is 17.1. The fourth-order valence-electron chi connectivity index (χ4n) is 5.23. The van der Waals surface area contributed by atoms with Gasteiger partial charge in [-0.2, -0.15) is 0 Å². The molecule has 26 heavy (non-hydrogen) atoms. The Labute approximate surface area is 157 Å². The van der Waals surface area contributed by atoms with Crippen molar-refractivity contribution in [2.75, 3.05) is 19.6 Å². The topological polar surface area (TPSA) is 23.5 Å². The van der Waals surface area contributed by atoms with Crippen LogP contribution in [0.2, 0.25) is 0 Å². The van der Waals surface area contributed by atoms with Gasteiger partial charge in [-0.1, -0.05) is 48.5 Å². The minimum Gasteiger partial charge on any atom is -0.385 e. The molecule has 0 aromatic heterocycles. The Morgan fingerprint density at radius 2 is 1.73 bits per heavy atom. The van der Waals surface area contributed by atoms with Crippen LogP contribution < -0.4 is 0 Å². The summed E-state index contributed by atoms with van der Waals surface area (Å²) in [6.07, 6.45) is 4.20. The van der Waals surface area contributed by atoms with E-state index in [4.69, 9.17) is 0 Å². The van der Waals surface area contributed by atoms with Crippen LogP contribution in [-0.4, -0.2) is 29.6 Å². The second-order valence-electron chi connectivity index (χ2n) is 8.40. The summed E-state index contributed by atoms with van der Waals surface area (Å²) >= 11 is 0. The highest BCUT2D eigenvalue weighted by atomic mass is 16.3. The average Bonchev–Trinajstić information content (AvgIpc) is 2.70. The van der Waals surface area contributed by atoms with Crippen LogP contribution in [0.1, 0.15) is 41.5 Å². The molecule has 3 fully saturated rings. The van der Waals surface area contributed by atoms with Gasteiger partial charge in [-0.15, -0.1) is 0 Å². The Hall–Kier alpha value is -1.64. The quantitative estimate of drug-likeness (QED) is 0.861. The van der Waals surface area contributed by atoms with E-state index >= 15 is 0 Å². The minimum atomic E-state index is -0.740. The number of nitrogens with zero attached hydrogens (tertiary/aromatic N) is 1. The first-order chi connectivity index (χ1) is 12.6. The number of rotatable bonds is 5. The first-order valence-corrected chi connectivity index (χ1v) is 10.1. The van der Waals surface area contributed by atoms with Crippen LogP contribution in [0.25, 0.3) is 0 Å². The van der Waals surface area contributed by atoms with E-state index in [0.29, 0.717) is 11.8 Å². The Morgan fingerprint density at radius 3 is 2.38 bits per heavy atom. The van der Waals surface area contributed by atoms with Gasteiger partial charge in [0.05, 0.1) is 5.60 Å². The number of aryl methyl sites for hydroxylation is 2. The van der Waals surface area contributed by atoms with E-state index in [0.717, 1.165) is 24.9 Å². The normalized spacial score (nSPS) is 27.3. The molecule has 3 aliphatic rings. The van der Waals surface area contributed by atoms with Crippen molar-refractivity contribution in [1.29, 1.82) is 0 Å². The summed E-state index contributed by atoms with van der Waals surface area (Å²) < 4.78 is 0. The predicted octanol–water partition coefficient (Wildman–Crippen LogP) is 4.47. The number of hydrogen-bond donors (Lipinski definition) is 1. The smallest absolute Gasteiger partial charge is 0.0945 e. The van der Waals surface area contributed by atoms with E-state index in [-0.39, 0.29) is 0 Å². The molecule has 138 valence electrons. The average molecular weight is 350 g/mol. The van der Waals surface area contributed by atoms with Crippen molar-refractivity contribution < 1.29 is 5.11 Å². The van der Waals surface area contributed by atoms with Gasteiger partial charge in [0.25, 0.3) is 0 Å². The lowest BCUT2D eigenvalue weighted by atomic mass is 9.65. The predicted molar refractivity (Wildman–Crippen MR) is 107 cm³/mol. The molecule has 2 nitrogen and oxygen atoms in total. The zero-order valence-corrected chi connectivity index (χ0v) is 16.1. The third-order valence-corrected chi connectivity index (χ3v) is 6.98. The number of fused-ring (bicyclic) bond motifs is 3. The van der Waals surface area contributed by atoms with E-state index in [1.165, 1.54) is 42.6 Å². The highest BCUT2D eigenvalue weighted by molar-refractivity contribution is 5.38. The lowest BCUT2D eigenvalue weighted by Crippen LogP contribution is -2.55. The molecule has 3 heterocycles. The minimum absolute atomic E-state index is 0.342. The number of aliphatic hydroxyl groups is 1. The van der Waals surface area contributed by atoms with Gasteiger partial charge in [-0.25, -0.2) is 0 Å². The summed E-state index contributed by atoms with van der Waals surface area (Å²) in [7, 11) is 0. The molecule has 1 N–H and O–H groups in total. The maximum absolute atomic E-state index is 12.2. The zero-order chi connectivity index (χ0) is 18.1. The van der Waals surface area contributed by atoms with Crippen LogP contribution in [0.3, 0.4) is 0 Å². The molecule has 2 atom stereocenters.